The van der Waals surface area contributed by atoms with Crippen molar-refractivity contribution in [1.82, 2.24) is 0 Å². The van der Waals surface area contributed by atoms with Gasteiger partial charge in [0.1, 0.15) is 11.4 Å². The number of aliphatic hydroxyl groups is 1. The Morgan fingerprint density at radius 3 is 2.44 bits per heavy atom. The van der Waals surface area contributed by atoms with Crippen molar-refractivity contribution in [1.29, 1.82) is 0 Å². The smallest absolute Gasteiger partial charge is 0.387 e. The fourth-order valence-corrected chi connectivity index (χ4v) is 4.09. The first-order chi connectivity index (χ1) is 13.1. The average Bonchev–Trinajstić information content (AvgIpc) is 2.79. The molecular formula is C21H23F2N2O2+. The standard InChI is InChI=1S/C21H23F2N2O2/c22-20(23)27-18-12-10-17(11-13-18)25-19-9-5-2-6-14-24(19)15-21(25,26)16-7-3-1-4-8-16/h1,3-4,7-8,10-13,20,26H,2,5-6,9,14-15H2/q+1/t21-/m1/s1. The summed E-state index contributed by atoms with van der Waals surface area (Å²) in [6, 6.07) is 16.1. The second kappa shape index (κ2) is 7.27. The number of rotatable bonds is 4. The Kier molecular flexibility index (Phi) is 4.83. The molecule has 2 aromatic rings. The van der Waals surface area contributed by atoms with Crippen molar-refractivity contribution in [2.24, 2.45) is 0 Å². The van der Waals surface area contributed by atoms with Gasteiger partial charge in [-0.1, -0.05) is 30.3 Å². The molecular weight excluding hydrogens is 350 g/mol. The van der Waals surface area contributed by atoms with Gasteiger partial charge >= 0.3 is 6.61 Å². The summed E-state index contributed by atoms with van der Waals surface area (Å²) < 4.78 is 31.6. The van der Waals surface area contributed by atoms with Crippen molar-refractivity contribution in [3.63, 3.8) is 0 Å². The summed E-state index contributed by atoms with van der Waals surface area (Å²) in [4.78, 5) is 1.96. The van der Waals surface area contributed by atoms with E-state index >= 15 is 0 Å². The maximum atomic E-state index is 12.4. The number of benzene rings is 2. The molecule has 0 bridgehead atoms. The molecule has 0 aliphatic carbocycles. The fraction of sp³-hybridized carbons (Fsp3) is 0.381. The van der Waals surface area contributed by atoms with Gasteiger partial charge in [-0.25, -0.2) is 0 Å². The highest BCUT2D eigenvalue weighted by Gasteiger charge is 2.53. The number of alkyl halides is 2. The van der Waals surface area contributed by atoms with E-state index in [4.69, 9.17) is 0 Å². The monoisotopic (exact) mass is 373 g/mol. The second-order valence-corrected chi connectivity index (χ2v) is 7.04. The molecule has 2 aromatic carbocycles. The molecule has 0 radical (unpaired) electrons. The quantitative estimate of drug-likeness (QED) is 0.825. The minimum Gasteiger partial charge on any atom is -0.435 e. The highest BCUT2D eigenvalue weighted by atomic mass is 19.3. The number of ether oxygens (including phenoxy) is 1. The molecule has 0 spiro atoms. The molecule has 0 fully saturated rings. The lowest BCUT2D eigenvalue weighted by Gasteiger charge is -2.29. The van der Waals surface area contributed by atoms with Crippen LogP contribution in [0.5, 0.6) is 5.75 Å². The van der Waals surface area contributed by atoms with Gasteiger partial charge in [-0.05, 0) is 43.5 Å². The SMILES string of the molecule is O[C@@]1(c2ccccc2)C[N+]2=C(CCCCC2)N1c1ccc(OC(F)F)cc1. The molecule has 1 N–H and O–H groups in total. The third-order valence-corrected chi connectivity index (χ3v) is 5.29. The molecule has 2 aliphatic heterocycles. The Morgan fingerprint density at radius 1 is 1.00 bits per heavy atom. The first-order valence-corrected chi connectivity index (χ1v) is 9.32. The highest BCUT2D eigenvalue weighted by Crippen LogP contribution is 2.38. The molecule has 0 saturated heterocycles. The number of halogens is 2. The molecule has 4 nitrogen and oxygen atoms in total. The minimum atomic E-state index is -2.85. The Balaban J connectivity index is 1.75. The van der Waals surface area contributed by atoms with Gasteiger partial charge in [0.15, 0.2) is 6.54 Å². The van der Waals surface area contributed by atoms with Gasteiger partial charge in [-0.15, -0.1) is 0 Å². The summed E-state index contributed by atoms with van der Waals surface area (Å²) in [5, 5.41) is 11.7. The predicted molar refractivity (Wildman–Crippen MR) is 99.4 cm³/mol. The maximum Gasteiger partial charge on any atom is 0.387 e. The topological polar surface area (TPSA) is 35.7 Å². The van der Waals surface area contributed by atoms with Gasteiger partial charge in [0.05, 0.1) is 6.54 Å². The fourth-order valence-electron chi connectivity index (χ4n) is 4.09. The van der Waals surface area contributed by atoms with Crippen LogP contribution in [0.3, 0.4) is 0 Å². The lowest BCUT2D eigenvalue weighted by molar-refractivity contribution is -0.534. The van der Waals surface area contributed by atoms with E-state index in [1.54, 1.807) is 12.1 Å². The van der Waals surface area contributed by atoms with Gasteiger partial charge in [-0.2, -0.15) is 13.7 Å². The Labute approximate surface area is 157 Å². The van der Waals surface area contributed by atoms with E-state index in [9.17, 15) is 13.9 Å². The molecule has 1 atom stereocenters. The molecule has 27 heavy (non-hydrogen) atoms. The van der Waals surface area contributed by atoms with Gasteiger partial charge in [0, 0.05) is 12.0 Å². The largest absolute Gasteiger partial charge is 0.435 e. The number of anilines is 1. The Morgan fingerprint density at radius 2 is 1.74 bits per heavy atom. The van der Waals surface area contributed by atoms with E-state index < -0.39 is 12.3 Å². The Bertz CT molecular complexity index is 824. The van der Waals surface area contributed by atoms with Crippen LogP contribution in [0.2, 0.25) is 0 Å². The second-order valence-electron chi connectivity index (χ2n) is 7.04. The summed E-state index contributed by atoms with van der Waals surface area (Å²) in [6.07, 6.45) is 4.21. The number of amidine groups is 1. The predicted octanol–water partition coefficient (Wildman–Crippen LogP) is 3.94. The third kappa shape index (κ3) is 3.41. The van der Waals surface area contributed by atoms with Crippen LogP contribution in [0, 0.1) is 0 Å². The van der Waals surface area contributed by atoms with E-state index in [0.717, 1.165) is 42.9 Å². The lowest BCUT2D eigenvalue weighted by atomic mass is 10.00. The molecule has 0 aromatic heterocycles. The van der Waals surface area contributed by atoms with Gasteiger partial charge in [-0.3, -0.25) is 4.58 Å². The molecule has 4 rings (SSSR count). The summed E-state index contributed by atoms with van der Waals surface area (Å²) in [6.45, 7) is -1.45. The zero-order valence-electron chi connectivity index (χ0n) is 15.0. The van der Waals surface area contributed by atoms with Crippen LogP contribution in [0.4, 0.5) is 14.5 Å². The zero-order valence-corrected chi connectivity index (χ0v) is 15.0. The highest BCUT2D eigenvalue weighted by molar-refractivity contribution is 5.97. The van der Waals surface area contributed by atoms with Gasteiger partial charge in [0.2, 0.25) is 0 Å². The van der Waals surface area contributed by atoms with Gasteiger partial charge in [0.25, 0.3) is 11.6 Å². The van der Waals surface area contributed by atoms with Crippen LogP contribution in [0.15, 0.2) is 54.6 Å². The normalized spacial score (nSPS) is 22.7. The van der Waals surface area contributed by atoms with E-state index in [1.807, 2.05) is 35.2 Å². The van der Waals surface area contributed by atoms with Crippen LogP contribution in [-0.2, 0) is 5.72 Å². The maximum absolute atomic E-state index is 12.4. The van der Waals surface area contributed by atoms with Crippen LogP contribution in [0.1, 0.15) is 31.2 Å². The van der Waals surface area contributed by atoms with Crippen molar-refractivity contribution < 1.29 is 23.2 Å². The van der Waals surface area contributed by atoms with E-state index in [2.05, 4.69) is 9.31 Å². The molecule has 0 amide bonds. The van der Waals surface area contributed by atoms with Crippen molar-refractivity contribution in [2.45, 2.75) is 38.0 Å². The average molecular weight is 373 g/mol. The summed E-state index contributed by atoms with van der Waals surface area (Å²) in [5.41, 5.74) is 0.389. The number of nitrogens with zero attached hydrogens (tertiary/aromatic N) is 2. The summed E-state index contributed by atoms with van der Waals surface area (Å²) in [5.74, 6) is 1.19. The van der Waals surface area contributed by atoms with Crippen LogP contribution in [0.25, 0.3) is 0 Å². The zero-order chi connectivity index (χ0) is 18.9. The molecule has 2 heterocycles. The van der Waals surface area contributed by atoms with Crippen molar-refractivity contribution in [3.05, 3.63) is 60.2 Å². The van der Waals surface area contributed by atoms with Crippen LogP contribution < -0.4 is 9.64 Å². The van der Waals surface area contributed by atoms with E-state index in [1.165, 1.54) is 18.6 Å². The lowest BCUT2D eigenvalue weighted by Crippen LogP contribution is -2.47. The van der Waals surface area contributed by atoms with Crippen molar-refractivity contribution >= 4 is 11.5 Å². The first kappa shape index (κ1) is 17.9. The number of hydrogen-bond donors (Lipinski definition) is 1. The van der Waals surface area contributed by atoms with Crippen molar-refractivity contribution in [2.75, 3.05) is 18.0 Å². The number of hydrogen-bond acceptors (Lipinski definition) is 3. The molecule has 142 valence electrons. The van der Waals surface area contributed by atoms with E-state index in [0.29, 0.717) is 6.54 Å². The molecule has 6 heteroatoms. The molecule has 0 saturated carbocycles. The summed E-state index contributed by atoms with van der Waals surface area (Å²) in [7, 11) is 0. The minimum absolute atomic E-state index is 0.110. The molecule has 2 aliphatic rings. The van der Waals surface area contributed by atoms with Crippen LogP contribution >= 0.6 is 0 Å². The first-order valence-electron chi connectivity index (χ1n) is 9.32. The molecule has 0 unspecified atom stereocenters. The third-order valence-electron chi connectivity index (χ3n) is 5.29. The van der Waals surface area contributed by atoms with E-state index in [-0.39, 0.29) is 5.75 Å². The Hall–Kier alpha value is -2.47. The van der Waals surface area contributed by atoms with Crippen LogP contribution in [-0.4, -0.2) is 35.2 Å². The van der Waals surface area contributed by atoms with Gasteiger partial charge < -0.3 is 9.84 Å². The van der Waals surface area contributed by atoms with Crippen molar-refractivity contribution in [3.8, 4) is 5.75 Å². The summed E-state index contributed by atoms with van der Waals surface area (Å²) >= 11 is 0.